The Bertz CT molecular complexity index is 284. The van der Waals surface area contributed by atoms with Gasteiger partial charge in [-0.1, -0.05) is 34.1 Å². The smallest absolute Gasteiger partial charge is 0.0698 e. The lowest BCUT2D eigenvalue weighted by atomic mass is 10.2. The molecule has 1 saturated heterocycles. The molecular weight excluding hydrogens is 230 g/mol. The molecule has 1 aliphatic rings. The molecule has 0 atom stereocenters. The van der Waals surface area contributed by atoms with Gasteiger partial charge in [0.1, 0.15) is 0 Å². The molecule has 0 amide bonds. The van der Waals surface area contributed by atoms with Gasteiger partial charge in [0.05, 0.1) is 13.2 Å². The minimum atomic E-state index is 0.866. The highest BCUT2D eigenvalue weighted by molar-refractivity contribution is 9.10. The van der Waals surface area contributed by atoms with E-state index in [0.29, 0.717) is 0 Å². The third-order valence-electron chi connectivity index (χ3n) is 2.13. The van der Waals surface area contributed by atoms with Crippen molar-refractivity contribution in [2.24, 2.45) is 0 Å². The highest BCUT2D eigenvalue weighted by Gasteiger charge is 2.13. The van der Waals surface area contributed by atoms with Crippen LogP contribution in [0.3, 0.4) is 0 Å². The van der Waals surface area contributed by atoms with Gasteiger partial charge in [0.2, 0.25) is 0 Å². The van der Waals surface area contributed by atoms with E-state index < -0.39 is 0 Å². The van der Waals surface area contributed by atoms with E-state index in [1.54, 1.807) is 0 Å². The maximum atomic E-state index is 5.42. The fourth-order valence-corrected chi connectivity index (χ4v) is 1.85. The van der Waals surface area contributed by atoms with Gasteiger partial charge in [-0.05, 0) is 18.1 Å². The topological polar surface area (TPSA) is 12.5 Å². The van der Waals surface area contributed by atoms with Crippen molar-refractivity contribution >= 4 is 15.9 Å². The van der Waals surface area contributed by atoms with Crippen LogP contribution in [-0.2, 0) is 11.4 Å². The van der Waals surface area contributed by atoms with E-state index >= 15 is 0 Å². The number of hydrogen-bond acceptors (Lipinski definition) is 2. The van der Waals surface area contributed by atoms with Crippen LogP contribution in [0.4, 0.5) is 0 Å². The molecule has 2 rings (SSSR count). The van der Waals surface area contributed by atoms with Gasteiger partial charge >= 0.3 is 0 Å². The highest BCUT2D eigenvalue weighted by Crippen LogP contribution is 2.19. The monoisotopic (exact) mass is 241 g/mol. The van der Waals surface area contributed by atoms with E-state index in [0.717, 1.165) is 30.6 Å². The molecule has 0 aromatic heterocycles. The van der Waals surface area contributed by atoms with Crippen LogP contribution < -0.4 is 0 Å². The molecule has 2 nitrogen and oxygen atoms in total. The largest absolute Gasteiger partial charge is 0.299 e. The Morgan fingerprint density at radius 3 is 2.92 bits per heavy atom. The van der Waals surface area contributed by atoms with Crippen molar-refractivity contribution in [2.45, 2.75) is 13.0 Å². The van der Waals surface area contributed by atoms with Crippen LogP contribution in [0.15, 0.2) is 28.7 Å². The average molecular weight is 242 g/mol. The van der Waals surface area contributed by atoms with Crippen molar-refractivity contribution in [1.29, 1.82) is 0 Å². The van der Waals surface area contributed by atoms with Crippen LogP contribution in [0.2, 0.25) is 0 Å². The number of hydrogen-bond donors (Lipinski definition) is 0. The molecule has 1 aromatic rings. The summed E-state index contributed by atoms with van der Waals surface area (Å²) in [5.74, 6) is 0. The van der Waals surface area contributed by atoms with E-state index in [4.69, 9.17) is 4.84 Å². The Morgan fingerprint density at radius 1 is 1.38 bits per heavy atom. The third-order valence-corrected chi connectivity index (χ3v) is 2.90. The number of nitrogens with zero attached hydrogens (tertiary/aromatic N) is 1. The van der Waals surface area contributed by atoms with Crippen molar-refractivity contribution in [3.63, 3.8) is 0 Å². The molecule has 0 N–H and O–H groups in total. The molecule has 1 heterocycles. The van der Waals surface area contributed by atoms with E-state index in [1.807, 2.05) is 11.1 Å². The molecule has 0 aliphatic carbocycles. The number of hydroxylamine groups is 2. The van der Waals surface area contributed by atoms with Crippen molar-refractivity contribution in [3.8, 4) is 0 Å². The van der Waals surface area contributed by atoms with Gasteiger partial charge in [0, 0.05) is 11.0 Å². The summed E-state index contributed by atoms with van der Waals surface area (Å²) in [5, 5.41) is 2.01. The second-order valence-corrected chi connectivity index (χ2v) is 4.00. The zero-order valence-corrected chi connectivity index (χ0v) is 8.96. The molecule has 1 aromatic carbocycles. The molecule has 0 saturated carbocycles. The van der Waals surface area contributed by atoms with E-state index in [1.165, 1.54) is 5.56 Å². The molecule has 1 aliphatic heterocycles. The van der Waals surface area contributed by atoms with Crippen molar-refractivity contribution in [2.75, 3.05) is 13.2 Å². The molecule has 3 heteroatoms. The summed E-state index contributed by atoms with van der Waals surface area (Å²) in [7, 11) is 0. The maximum Gasteiger partial charge on any atom is 0.0698 e. The number of benzene rings is 1. The van der Waals surface area contributed by atoms with Crippen LogP contribution in [0.1, 0.15) is 12.0 Å². The fraction of sp³-hybridized carbons (Fsp3) is 0.400. The van der Waals surface area contributed by atoms with Crippen molar-refractivity contribution in [3.05, 3.63) is 34.3 Å². The lowest BCUT2D eigenvalue weighted by Gasteiger charge is -2.14. The summed E-state index contributed by atoms with van der Waals surface area (Å²) < 4.78 is 1.16. The second kappa shape index (κ2) is 4.22. The van der Waals surface area contributed by atoms with Gasteiger partial charge in [0.15, 0.2) is 0 Å². The molecule has 0 bridgehead atoms. The standard InChI is InChI=1S/C10H12BrNO/c11-10-5-2-1-4-9(10)8-12-6-3-7-13-12/h1-2,4-5H,3,6-8H2. The van der Waals surface area contributed by atoms with Crippen LogP contribution in [0.25, 0.3) is 0 Å². The predicted molar refractivity (Wildman–Crippen MR) is 55.1 cm³/mol. The van der Waals surface area contributed by atoms with E-state index in [-0.39, 0.29) is 0 Å². The Balaban J connectivity index is 2.04. The summed E-state index contributed by atoms with van der Waals surface area (Å²) in [6, 6.07) is 8.26. The lowest BCUT2D eigenvalue weighted by Crippen LogP contribution is -2.17. The van der Waals surface area contributed by atoms with Gasteiger partial charge in [-0.3, -0.25) is 4.84 Å². The van der Waals surface area contributed by atoms with Gasteiger partial charge in [-0.2, -0.15) is 5.06 Å². The second-order valence-electron chi connectivity index (χ2n) is 3.14. The normalized spacial score (nSPS) is 17.9. The average Bonchev–Trinajstić information content (AvgIpc) is 2.61. The first kappa shape index (κ1) is 9.19. The van der Waals surface area contributed by atoms with Crippen LogP contribution in [0.5, 0.6) is 0 Å². The molecule has 0 spiro atoms. The van der Waals surface area contributed by atoms with Crippen LogP contribution >= 0.6 is 15.9 Å². The Hall–Kier alpha value is -0.380. The minimum absolute atomic E-state index is 0.866. The summed E-state index contributed by atoms with van der Waals surface area (Å²) >= 11 is 3.52. The van der Waals surface area contributed by atoms with Crippen LogP contribution in [0, 0.1) is 0 Å². The third kappa shape index (κ3) is 2.30. The molecule has 1 fully saturated rings. The van der Waals surface area contributed by atoms with Crippen LogP contribution in [-0.4, -0.2) is 18.2 Å². The zero-order chi connectivity index (χ0) is 9.10. The van der Waals surface area contributed by atoms with Gasteiger partial charge in [-0.15, -0.1) is 0 Å². The van der Waals surface area contributed by atoms with Crippen molar-refractivity contribution < 1.29 is 4.84 Å². The van der Waals surface area contributed by atoms with Gasteiger partial charge < -0.3 is 0 Å². The Morgan fingerprint density at radius 2 is 2.23 bits per heavy atom. The summed E-state index contributed by atoms with van der Waals surface area (Å²) in [6.07, 6.45) is 1.14. The SMILES string of the molecule is Brc1ccccc1CN1CCCO1. The Kier molecular flexibility index (Phi) is 2.98. The maximum absolute atomic E-state index is 5.42. The fourth-order valence-electron chi connectivity index (χ4n) is 1.44. The first-order valence-corrected chi connectivity index (χ1v) is 5.27. The van der Waals surface area contributed by atoms with Crippen molar-refractivity contribution in [1.82, 2.24) is 5.06 Å². The molecule has 70 valence electrons. The predicted octanol–water partition coefficient (Wildman–Crippen LogP) is 2.59. The highest BCUT2D eigenvalue weighted by atomic mass is 79.9. The molecule has 13 heavy (non-hydrogen) atoms. The van der Waals surface area contributed by atoms with E-state index in [9.17, 15) is 0 Å². The first-order valence-electron chi connectivity index (χ1n) is 4.47. The summed E-state index contributed by atoms with van der Waals surface area (Å²) in [5.41, 5.74) is 1.28. The zero-order valence-electron chi connectivity index (χ0n) is 7.37. The molecule has 0 unspecified atom stereocenters. The van der Waals surface area contributed by atoms with Gasteiger partial charge in [-0.25, -0.2) is 0 Å². The molecular formula is C10H12BrNO. The summed E-state index contributed by atoms with van der Waals surface area (Å²) in [6.45, 7) is 2.78. The summed E-state index contributed by atoms with van der Waals surface area (Å²) in [4.78, 5) is 5.42. The van der Waals surface area contributed by atoms with E-state index in [2.05, 4.69) is 34.1 Å². The Labute approximate surface area is 86.6 Å². The number of rotatable bonds is 2. The van der Waals surface area contributed by atoms with Gasteiger partial charge in [0.25, 0.3) is 0 Å². The quantitative estimate of drug-likeness (QED) is 0.790. The first-order chi connectivity index (χ1) is 6.36. The lowest BCUT2D eigenvalue weighted by molar-refractivity contribution is -0.117. The minimum Gasteiger partial charge on any atom is -0.299 e. The number of halogens is 1. The molecule has 0 radical (unpaired) electrons.